The quantitative estimate of drug-likeness (QED) is 0.638. The van der Waals surface area contributed by atoms with E-state index in [9.17, 15) is 14.9 Å². The lowest BCUT2D eigenvalue weighted by atomic mass is 9.92. The van der Waals surface area contributed by atoms with Crippen LogP contribution in [0.2, 0.25) is 0 Å². The Bertz CT molecular complexity index is 693. The predicted molar refractivity (Wildman–Crippen MR) is 71.1 cm³/mol. The Morgan fingerprint density at radius 3 is 2.68 bits per heavy atom. The largest absolute Gasteiger partial charge is 0.327 e. The molecular weight excluding hydrogens is 248 g/mol. The summed E-state index contributed by atoms with van der Waals surface area (Å²) in [6, 6.07) is 2.59. The zero-order valence-electron chi connectivity index (χ0n) is 10.6. The third kappa shape index (κ3) is 2.32. The number of nitrogens with one attached hydrogen (secondary N) is 1. The number of rotatable bonds is 3. The SMILES string of the molecule is CC(N)C(C)c1cc2nc[nH]c(=O)c2cc1[N+](=O)[O-]. The number of hydrogen-bond donors (Lipinski definition) is 2. The predicted octanol–water partition coefficient (Wildman–Crippen LogP) is 1.28. The van der Waals surface area contributed by atoms with Gasteiger partial charge in [-0.05, 0) is 13.0 Å². The highest BCUT2D eigenvalue weighted by molar-refractivity contribution is 5.81. The van der Waals surface area contributed by atoms with Crippen molar-refractivity contribution in [3.8, 4) is 0 Å². The van der Waals surface area contributed by atoms with Gasteiger partial charge in [0.05, 0.1) is 22.2 Å². The van der Waals surface area contributed by atoms with Crippen LogP contribution in [0.1, 0.15) is 25.3 Å². The molecule has 2 rings (SSSR count). The maximum Gasteiger partial charge on any atom is 0.273 e. The van der Waals surface area contributed by atoms with Crippen LogP contribution >= 0.6 is 0 Å². The van der Waals surface area contributed by atoms with Gasteiger partial charge in [0.25, 0.3) is 11.2 Å². The average molecular weight is 262 g/mol. The molecule has 2 unspecified atom stereocenters. The van der Waals surface area contributed by atoms with Gasteiger partial charge in [0.2, 0.25) is 0 Å². The maximum absolute atomic E-state index is 11.6. The van der Waals surface area contributed by atoms with Crippen LogP contribution in [-0.2, 0) is 0 Å². The third-order valence-electron chi connectivity index (χ3n) is 3.26. The number of nitrogens with two attached hydrogens (primary N) is 1. The van der Waals surface area contributed by atoms with Crippen LogP contribution in [0.5, 0.6) is 0 Å². The second kappa shape index (κ2) is 4.77. The van der Waals surface area contributed by atoms with Gasteiger partial charge in [0.1, 0.15) is 0 Å². The van der Waals surface area contributed by atoms with E-state index in [0.29, 0.717) is 11.1 Å². The highest BCUT2D eigenvalue weighted by atomic mass is 16.6. The second-order valence-corrected chi connectivity index (χ2v) is 4.56. The monoisotopic (exact) mass is 262 g/mol. The van der Waals surface area contributed by atoms with E-state index < -0.39 is 10.5 Å². The lowest BCUT2D eigenvalue weighted by Crippen LogP contribution is -2.23. The molecule has 0 aliphatic rings. The van der Waals surface area contributed by atoms with Crippen molar-refractivity contribution in [2.45, 2.75) is 25.8 Å². The number of nitrogens with zero attached hydrogens (tertiary/aromatic N) is 2. The molecule has 19 heavy (non-hydrogen) atoms. The van der Waals surface area contributed by atoms with Crippen LogP contribution in [0, 0.1) is 10.1 Å². The topological polar surface area (TPSA) is 115 Å². The summed E-state index contributed by atoms with van der Waals surface area (Å²) in [5.74, 6) is -0.203. The fourth-order valence-electron chi connectivity index (χ4n) is 1.93. The summed E-state index contributed by atoms with van der Waals surface area (Å²) in [4.78, 5) is 28.7. The molecule has 0 bridgehead atoms. The number of benzene rings is 1. The molecule has 0 aliphatic carbocycles. The molecule has 0 radical (unpaired) electrons. The Labute approximate surface area is 108 Å². The molecule has 100 valence electrons. The molecule has 0 saturated carbocycles. The van der Waals surface area contributed by atoms with Crippen molar-refractivity contribution in [1.82, 2.24) is 9.97 Å². The molecule has 0 fully saturated rings. The van der Waals surface area contributed by atoms with E-state index in [0.717, 1.165) is 0 Å². The molecule has 0 saturated heterocycles. The van der Waals surface area contributed by atoms with Gasteiger partial charge in [0, 0.05) is 23.6 Å². The molecule has 1 heterocycles. The fraction of sp³-hybridized carbons (Fsp3) is 0.333. The van der Waals surface area contributed by atoms with Gasteiger partial charge < -0.3 is 10.7 Å². The van der Waals surface area contributed by atoms with Crippen LogP contribution < -0.4 is 11.3 Å². The molecule has 7 nitrogen and oxygen atoms in total. The molecule has 2 atom stereocenters. The lowest BCUT2D eigenvalue weighted by molar-refractivity contribution is -0.385. The van der Waals surface area contributed by atoms with Gasteiger partial charge in [-0.3, -0.25) is 14.9 Å². The molecular formula is C12H14N4O3. The second-order valence-electron chi connectivity index (χ2n) is 4.56. The van der Waals surface area contributed by atoms with Crippen LogP contribution in [0.25, 0.3) is 10.9 Å². The first kappa shape index (κ1) is 13.2. The van der Waals surface area contributed by atoms with Crippen molar-refractivity contribution in [2.75, 3.05) is 0 Å². The number of hydrogen-bond acceptors (Lipinski definition) is 5. The Balaban J connectivity index is 2.79. The minimum Gasteiger partial charge on any atom is -0.327 e. The lowest BCUT2D eigenvalue weighted by Gasteiger charge is -2.16. The van der Waals surface area contributed by atoms with Crippen molar-refractivity contribution in [3.05, 3.63) is 44.5 Å². The van der Waals surface area contributed by atoms with Crippen molar-refractivity contribution in [2.24, 2.45) is 5.73 Å². The van der Waals surface area contributed by atoms with Gasteiger partial charge in [-0.15, -0.1) is 0 Å². The van der Waals surface area contributed by atoms with Crippen molar-refractivity contribution < 1.29 is 4.92 Å². The zero-order valence-corrected chi connectivity index (χ0v) is 10.6. The van der Waals surface area contributed by atoms with Crippen molar-refractivity contribution in [3.63, 3.8) is 0 Å². The van der Waals surface area contributed by atoms with E-state index in [1.165, 1.54) is 12.4 Å². The zero-order chi connectivity index (χ0) is 14.2. The smallest absolute Gasteiger partial charge is 0.273 e. The molecule has 0 spiro atoms. The Hall–Kier alpha value is -2.28. The van der Waals surface area contributed by atoms with Gasteiger partial charge >= 0.3 is 0 Å². The summed E-state index contributed by atoms with van der Waals surface area (Å²) >= 11 is 0. The number of nitro benzene ring substituents is 1. The summed E-state index contributed by atoms with van der Waals surface area (Å²) in [7, 11) is 0. The van der Waals surface area contributed by atoms with Crippen molar-refractivity contribution >= 4 is 16.6 Å². The first-order chi connectivity index (χ1) is 8.91. The Kier molecular flexibility index (Phi) is 3.30. The first-order valence-corrected chi connectivity index (χ1v) is 5.83. The summed E-state index contributed by atoms with van der Waals surface area (Å²) in [6.45, 7) is 3.59. The normalized spacial score (nSPS) is 14.3. The van der Waals surface area contributed by atoms with Crippen molar-refractivity contribution in [1.29, 1.82) is 0 Å². The molecule has 7 heteroatoms. The fourth-order valence-corrected chi connectivity index (χ4v) is 1.93. The molecule has 0 amide bonds. The summed E-state index contributed by atoms with van der Waals surface area (Å²) < 4.78 is 0. The molecule has 0 aliphatic heterocycles. The van der Waals surface area contributed by atoms with Crippen LogP contribution in [0.4, 0.5) is 5.69 Å². The minimum absolute atomic E-state index is 0.101. The van der Waals surface area contributed by atoms with E-state index in [4.69, 9.17) is 5.73 Å². The van der Waals surface area contributed by atoms with E-state index in [2.05, 4.69) is 9.97 Å². The Morgan fingerprint density at radius 1 is 1.42 bits per heavy atom. The summed E-state index contributed by atoms with van der Waals surface area (Å²) in [6.07, 6.45) is 1.27. The first-order valence-electron chi connectivity index (χ1n) is 5.83. The molecule has 3 N–H and O–H groups in total. The number of fused-ring (bicyclic) bond motifs is 1. The van der Waals surface area contributed by atoms with Crippen LogP contribution in [-0.4, -0.2) is 20.9 Å². The Morgan fingerprint density at radius 2 is 2.11 bits per heavy atom. The molecule has 2 aromatic rings. The average Bonchev–Trinajstić information content (AvgIpc) is 2.36. The van der Waals surface area contributed by atoms with Gasteiger partial charge in [-0.1, -0.05) is 6.92 Å². The number of aromatic nitrogens is 2. The van der Waals surface area contributed by atoms with Crippen LogP contribution in [0.15, 0.2) is 23.3 Å². The number of nitro groups is 1. The number of H-pyrrole nitrogens is 1. The minimum atomic E-state index is -0.500. The molecule has 1 aromatic carbocycles. The van der Waals surface area contributed by atoms with Gasteiger partial charge in [-0.2, -0.15) is 0 Å². The third-order valence-corrected chi connectivity index (χ3v) is 3.26. The van der Waals surface area contributed by atoms with E-state index in [-0.39, 0.29) is 23.0 Å². The molecule has 1 aromatic heterocycles. The highest BCUT2D eigenvalue weighted by Crippen LogP contribution is 2.30. The standard InChI is InChI=1S/C12H14N4O3/c1-6(7(2)13)8-3-10-9(4-11(8)16(18)19)12(17)15-5-14-10/h3-7H,13H2,1-2H3,(H,14,15,17). The van der Waals surface area contributed by atoms with Crippen LogP contribution in [0.3, 0.4) is 0 Å². The van der Waals surface area contributed by atoms with E-state index in [1.807, 2.05) is 6.92 Å². The van der Waals surface area contributed by atoms with E-state index in [1.54, 1.807) is 13.0 Å². The van der Waals surface area contributed by atoms with Gasteiger partial charge in [0.15, 0.2) is 0 Å². The van der Waals surface area contributed by atoms with Gasteiger partial charge in [-0.25, -0.2) is 4.98 Å². The number of aromatic amines is 1. The summed E-state index contributed by atoms with van der Waals surface area (Å²) in [5, 5.41) is 11.3. The van der Waals surface area contributed by atoms with E-state index >= 15 is 0 Å². The highest BCUT2D eigenvalue weighted by Gasteiger charge is 2.23. The maximum atomic E-state index is 11.6. The summed E-state index contributed by atoms with van der Waals surface area (Å²) in [5.41, 5.74) is 6.22.